The molecule has 1 aliphatic carbocycles. The van der Waals surface area contributed by atoms with Crippen molar-refractivity contribution in [1.82, 2.24) is 0 Å². The molecule has 2 rings (SSSR count). The molecule has 2 nitrogen and oxygen atoms in total. The minimum Gasteiger partial charge on any atom is -0.382 e. The maximum Gasteiger partial charge on any atom is 0.132 e. The quantitative estimate of drug-likeness (QED) is 0.864. The van der Waals surface area contributed by atoms with Gasteiger partial charge in [-0.2, -0.15) is 0 Å². The van der Waals surface area contributed by atoms with Crippen molar-refractivity contribution in [3.8, 4) is 0 Å². The second-order valence-corrected chi connectivity index (χ2v) is 4.52. The van der Waals surface area contributed by atoms with Crippen LogP contribution >= 0.6 is 0 Å². The molecule has 0 aliphatic heterocycles. The number of halogens is 2. The first-order valence-electron chi connectivity index (χ1n) is 5.78. The molecule has 0 amide bonds. The molecule has 1 aromatic rings. The minimum atomic E-state index is -1.34. The number of benzene rings is 1. The van der Waals surface area contributed by atoms with Crippen LogP contribution in [0.15, 0.2) is 18.2 Å². The molecule has 1 N–H and O–H groups in total. The van der Waals surface area contributed by atoms with E-state index < -0.39 is 23.3 Å². The second-order valence-electron chi connectivity index (χ2n) is 4.52. The van der Waals surface area contributed by atoms with E-state index in [9.17, 15) is 13.9 Å². The van der Waals surface area contributed by atoms with E-state index in [1.807, 2.05) is 0 Å². The molecule has 0 spiro atoms. The number of hydrogen-bond acceptors (Lipinski definition) is 2. The normalized spacial score (nSPS) is 29.3. The fourth-order valence-electron chi connectivity index (χ4n) is 2.59. The van der Waals surface area contributed by atoms with E-state index in [1.165, 1.54) is 13.2 Å². The first-order valence-corrected chi connectivity index (χ1v) is 5.78. The van der Waals surface area contributed by atoms with Crippen LogP contribution in [0.4, 0.5) is 8.78 Å². The Morgan fingerprint density at radius 2 is 2.12 bits per heavy atom. The molecule has 17 heavy (non-hydrogen) atoms. The zero-order valence-corrected chi connectivity index (χ0v) is 9.75. The highest BCUT2D eigenvalue weighted by Gasteiger charge is 2.42. The molecule has 0 saturated heterocycles. The third-order valence-corrected chi connectivity index (χ3v) is 3.49. The zero-order chi connectivity index (χ0) is 12.5. The van der Waals surface area contributed by atoms with Gasteiger partial charge in [-0.25, -0.2) is 8.78 Å². The number of methoxy groups -OCH3 is 1. The molecule has 0 aromatic heterocycles. The highest BCUT2D eigenvalue weighted by Crippen LogP contribution is 2.39. The third-order valence-electron chi connectivity index (χ3n) is 3.49. The molecule has 1 aliphatic rings. The van der Waals surface area contributed by atoms with Crippen molar-refractivity contribution < 1.29 is 18.6 Å². The van der Waals surface area contributed by atoms with Gasteiger partial charge in [0.1, 0.15) is 17.2 Å². The van der Waals surface area contributed by atoms with Gasteiger partial charge in [0.2, 0.25) is 0 Å². The second kappa shape index (κ2) is 4.70. The SMILES string of the molecule is COC1CCCCC1(O)c1ccc(F)cc1F. The summed E-state index contributed by atoms with van der Waals surface area (Å²) in [6, 6.07) is 3.27. The fraction of sp³-hybridized carbons (Fsp3) is 0.538. The Balaban J connectivity index is 2.41. The molecule has 0 heterocycles. The summed E-state index contributed by atoms with van der Waals surface area (Å²) in [6.07, 6.45) is 2.45. The van der Waals surface area contributed by atoms with Crippen LogP contribution in [-0.2, 0) is 10.3 Å². The Hall–Kier alpha value is -1.00. The fourth-order valence-corrected chi connectivity index (χ4v) is 2.59. The van der Waals surface area contributed by atoms with Crippen molar-refractivity contribution in [2.45, 2.75) is 37.4 Å². The standard InChI is InChI=1S/C13H16F2O2/c1-17-12-4-2-3-7-13(12,16)10-6-5-9(14)8-11(10)15/h5-6,8,12,16H,2-4,7H2,1H3. The molecular formula is C13H16F2O2. The van der Waals surface area contributed by atoms with Crippen LogP contribution < -0.4 is 0 Å². The van der Waals surface area contributed by atoms with Crippen molar-refractivity contribution in [3.63, 3.8) is 0 Å². The molecule has 0 bridgehead atoms. The molecule has 2 unspecified atom stereocenters. The predicted octanol–water partition coefficient (Wildman–Crippen LogP) is 2.74. The number of aliphatic hydroxyl groups is 1. The van der Waals surface area contributed by atoms with E-state index >= 15 is 0 Å². The van der Waals surface area contributed by atoms with E-state index in [1.54, 1.807) is 0 Å². The lowest BCUT2D eigenvalue weighted by molar-refractivity contribution is -0.124. The summed E-state index contributed by atoms with van der Waals surface area (Å²) in [4.78, 5) is 0. The average molecular weight is 242 g/mol. The van der Waals surface area contributed by atoms with Gasteiger partial charge in [0, 0.05) is 18.7 Å². The lowest BCUT2D eigenvalue weighted by atomic mass is 9.77. The van der Waals surface area contributed by atoms with Gasteiger partial charge in [-0.05, 0) is 18.9 Å². The van der Waals surface area contributed by atoms with E-state index in [-0.39, 0.29) is 5.56 Å². The zero-order valence-electron chi connectivity index (χ0n) is 9.75. The van der Waals surface area contributed by atoms with Gasteiger partial charge < -0.3 is 9.84 Å². The maximum absolute atomic E-state index is 13.7. The first kappa shape index (κ1) is 12.5. The minimum absolute atomic E-state index is 0.130. The van der Waals surface area contributed by atoms with E-state index in [2.05, 4.69) is 0 Å². The summed E-state index contributed by atoms with van der Waals surface area (Å²) in [6.45, 7) is 0. The Kier molecular flexibility index (Phi) is 3.45. The predicted molar refractivity (Wildman–Crippen MR) is 59.5 cm³/mol. The number of ether oxygens (including phenoxy) is 1. The van der Waals surface area contributed by atoms with E-state index in [0.29, 0.717) is 12.8 Å². The molecule has 94 valence electrons. The van der Waals surface area contributed by atoms with Gasteiger partial charge in [0.25, 0.3) is 0 Å². The Bertz CT molecular complexity index is 408. The lowest BCUT2D eigenvalue weighted by Crippen LogP contribution is -2.44. The Morgan fingerprint density at radius 1 is 1.35 bits per heavy atom. The van der Waals surface area contributed by atoms with Gasteiger partial charge in [-0.3, -0.25) is 0 Å². The van der Waals surface area contributed by atoms with Crippen LogP contribution in [0.3, 0.4) is 0 Å². The molecule has 0 radical (unpaired) electrons. The molecule has 1 saturated carbocycles. The van der Waals surface area contributed by atoms with Crippen LogP contribution in [0.25, 0.3) is 0 Å². The Morgan fingerprint density at radius 3 is 2.76 bits per heavy atom. The summed E-state index contributed by atoms with van der Waals surface area (Å²) in [7, 11) is 1.50. The Labute approximate surface area is 99.2 Å². The summed E-state index contributed by atoms with van der Waals surface area (Å²) in [5.74, 6) is -1.35. The molecule has 1 fully saturated rings. The highest BCUT2D eigenvalue weighted by atomic mass is 19.1. The van der Waals surface area contributed by atoms with E-state index in [4.69, 9.17) is 4.74 Å². The largest absolute Gasteiger partial charge is 0.382 e. The summed E-state index contributed by atoms with van der Waals surface area (Å²) in [5, 5.41) is 10.6. The van der Waals surface area contributed by atoms with Crippen molar-refractivity contribution in [3.05, 3.63) is 35.4 Å². The molecule has 2 atom stereocenters. The van der Waals surface area contributed by atoms with Crippen LogP contribution in [0.2, 0.25) is 0 Å². The number of rotatable bonds is 2. The van der Waals surface area contributed by atoms with Gasteiger partial charge in [-0.1, -0.05) is 18.9 Å². The smallest absolute Gasteiger partial charge is 0.132 e. The van der Waals surface area contributed by atoms with Crippen LogP contribution in [0, 0.1) is 11.6 Å². The van der Waals surface area contributed by atoms with Gasteiger partial charge in [0.15, 0.2) is 0 Å². The van der Waals surface area contributed by atoms with Crippen LogP contribution in [-0.4, -0.2) is 18.3 Å². The third kappa shape index (κ3) is 2.19. The molecule has 4 heteroatoms. The van der Waals surface area contributed by atoms with Crippen molar-refractivity contribution in [1.29, 1.82) is 0 Å². The van der Waals surface area contributed by atoms with Gasteiger partial charge in [0.05, 0.1) is 6.10 Å². The monoisotopic (exact) mass is 242 g/mol. The summed E-state index contributed by atoms with van der Waals surface area (Å²) >= 11 is 0. The van der Waals surface area contributed by atoms with E-state index in [0.717, 1.165) is 25.0 Å². The summed E-state index contributed by atoms with van der Waals surface area (Å²) < 4.78 is 31.8. The molecule has 1 aromatic carbocycles. The van der Waals surface area contributed by atoms with Crippen molar-refractivity contribution in [2.75, 3.05) is 7.11 Å². The van der Waals surface area contributed by atoms with Gasteiger partial charge >= 0.3 is 0 Å². The highest BCUT2D eigenvalue weighted by molar-refractivity contribution is 5.27. The van der Waals surface area contributed by atoms with Crippen molar-refractivity contribution >= 4 is 0 Å². The maximum atomic E-state index is 13.7. The number of hydrogen-bond donors (Lipinski definition) is 1. The lowest BCUT2D eigenvalue weighted by Gasteiger charge is -2.39. The van der Waals surface area contributed by atoms with Crippen LogP contribution in [0.5, 0.6) is 0 Å². The van der Waals surface area contributed by atoms with Crippen molar-refractivity contribution in [2.24, 2.45) is 0 Å². The topological polar surface area (TPSA) is 29.5 Å². The molecular weight excluding hydrogens is 226 g/mol. The van der Waals surface area contributed by atoms with Crippen LogP contribution in [0.1, 0.15) is 31.2 Å². The summed E-state index contributed by atoms with van der Waals surface area (Å²) in [5.41, 5.74) is -1.21. The average Bonchev–Trinajstić information content (AvgIpc) is 2.29. The van der Waals surface area contributed by atoms with Gasteiger partial charge in [-0.15, -0.1) is 0 Å². The first-order chi connectivity index (χ1) is 8.08.